The Bertz CT molecular complexity index is 819. The summed E-state index contributed by atoms with van der Waals surface area (Å²) in [7, 11) is 0. The maximum Gasteiger partial charge on any atom is 0.326 e. The van der Waals surface area contributed by atoms with Crippen LogP contribution in [0.2, 0.25) is 0 Å². The number of nitrogens with one attached hydrogen (secondary N) is 3. The fourth-order valence-electron chi connectivity index (χ4n) is 2.57. The molecular formula is C19H27N5O8. The van der Waals surface area contributed by atoms with Gasteiger partial charge in [0.15, 0.2) is 0 Å². The lowest BCUT2D eigenvalue weighted by atomic mass is 10.1. The average Bonchev–Trinajstić information content (AvgIpc) is 2.74. The number of amides is 4. The number of rotatable bonds is 13. The lowest BCUT2D eigenvalue weighted by Crippen LogP contribution is -2.59. The molecule has 1 rings (SSSR count). The van der Waals surface area contributed by atoms with E-state index in [-0.39, 0.29) is 6.42 Å². The zero-order valence-corrected chi connectivity index (χ0v) is 17.1. The molecule has 0 heterocycles. The molecule has 1 aromatic rings. The summed E-state index contributed by atoms with van der Waals surface area (Å²) in [5.41, 5.74) is 11.0. The maximum absolute atomic E-state index is 12.4. The summed E-state index contributed by atoms with van der Waals surface area (Å²) in [6, 6.07) is 2.67. The van der Waals surface area contributed by atoms with E-state index in [1.165, 1.54) is 0 Å². The minimum Gasteiger partial charge on any atom is -0.480 e. The SMILES string of the molecule is NC(=O)CC(N)C(=O)NC(CO)C(=O)NC(CO)C(=O)NC(Cc1ccccc1)C(=O)O. The summed E-state index contributed by atoms with van der Waals surface area (Å²) in [4.78, 5) is 59.0. The van der Waals surface area contributed by atoms with Gasteiger partial charge in [-0.1, -0.05) is 30.3 Å². The predicted octanol–water partition coefficient (Wildman–Crippen LogP) is -4.04. The molecule has 0 aliphatic carbocycles. The highest BCUT2D eigenvalue weighted by Crippen LogP contribution is 2.04. The quantitative estimate of drug-likeness (QED) is 0.145. The molecule has 176 valence electrons. The number of benzene rings is 1. The molecule has 0 spiro atoms. The normalized spacial score (nSPS) is 14.3. The van der Waals surface area contributed by atoms with E-state index in [4.69, 9.17) is 11.5 Å². The third-order valence-electron chi connectivity index (χ3n) is 4.29. The summed E-state index contributed by atoms with van der Waals surface area (Å²) in [5, 5.41) is 34.6. The van der Waals surface area contributed by atoms with E-state index >= 15 is 0 Å². The highest BCUT2D eigenvalue weighted by Gasteiger charge is 2.30. The summed E-state index contributed by atoms with van der Waals surface area (Å²) >= 11 is 0. The number of hydrogen-bond acceptors (Lipinski definition) is 8. The van der Waals surface area contributed by atoms with Crippen LogP contribution >= 0.6 is 0 Å². The van der Waals surface area contributed by atoms with E-state index in [9.17, 15) is 39.3 Å². The van der Waals surface area contributed by atoms with Crippen molar-refractivity contribution >= 4 is 29.6 Å². The van der Waals surface area contributed by atoms with Crippen molar-refractivity contribution in [3.8, 4) is 0 Å². The molecule has 0 radical (unpaired) electrons. The number of carboxylic acids is 1. The van der Waals surface area contributed by atoms with Gasteiger partial charge in [0.25, 0.3) is 0 Å². The van der Waals surface area contributed by atoms with Gasteiger partial charge in [-0.05, 0) is 5.56 Å². The van der Waals surface area contributed by atoms with Crippen molar-refractivity contribution in [3.05, 3.63) is 35.9 Å². The van der Waals surface area contributed by atoms with Gasteiger partial charge in [-0.25, -0.2) is 4.79 Å². The first-order chi connectivity index (χ1) is 15.1. The molecule has 0 bridgehead atoms. The molecule has 13 nitrogen and oxygen atoms in total. The number of hydrogen-bond donors (Lipinski definition) is 8. The Morgan fingerprint density at radius 2 is 1.28 bits per heavy atom. The van der Waals surface area contributed by atoms with Gasteiger partial charge in [-0.2, -0.15) is 0 Å². The number of aliphatic carboxylic acids is 1. The van der Waals surface area contributed by atoms with Crippen LogP contribution < -0.4 is 27.4 Å². The van der Waals surface area contributed by atoms with Crippen LogP contribution in [-0.2, 0) is 30.4 Å². The molecule has 4 atom stereocenters. The minimum absolute atomic E-state index is 0.0406. The van der Waals surface area contributed by atoms with Gasteiger partial charge < -0.3 is 42.7 Å². The second-order valence-electron chi connectivity index (χ2n) is 6.85. The van der Waals surface area contributed by atoms with E-state index in [1.54, 1.807) is 30.3 Å². The van der Waals surface area contributed by atoms with Crippen LogP contribution in [0.15, 0.2) is 30.3 Å². The Morgan fingerprint density at radius 3 is 1.72 bits per heavy atom. The lowest BCUT2D eigenvalue weighted by Gasteiger charge is -2.23. The number of carboxylic acid groups (broad SMARTS) is 1. The van der Waals surface area contributed by atoms with Gasteiger partial charge in [0.05, 0.1) is 25.7 Å². The third-order valence-corrected chi connectivity index (χ3v) is 4.29. The molecule has 0 saturated heterocycles. The third kappa shape index (κ3) is 8.67. The molecule has 10 N–H and O–H groups in total. The first-order valence-corrected chi connectivity index (χ1v) is 9.52. The van der Waals surface area contributed by atoms with Crippen LogP contribution in [0.1, 0.15) is 12.0 Å². The van der Waals surface area contributed by atoms with Crippen molar-refractivity contribution in [1.82, 2.24) is 16.0 Å². The van der Waals surface area contributed by atoms with E-state index in [2.05, 4.69) is 16.0 Å². The molecule has 4 unspecified atom stereocenters. The molecule has 4 amide bonds. The fourth-order valence-corrected chi connectivity index (χ4v) is 2.57. The van der Waals surface area contributed by atoms with Crippen molar-refractivity contribution in [3.63, 3.8) is 0 Å². The standard InChI is InChI=1S/C19H27N5O8/c20-11(7-15(21)27)16(28)23-13(8-25)18(30)24-14(9-26)17(29)22-12(19(31)32)6-10-4-2-1-3-5-10/h1-5,11-14,25-26H,6-9,20H2,(H2,21,27)(H,22,29)(H,23,28)(H,24,30)(H,31,32). The van der Waals surface area contributed by atoms with Gasteiger partial charge in [-0.15, -0.1) is 0 Å². The molecule has 32 heavy (non-hydrogen) atoms. The number of carbonyl (C=O) groups excluding carboxylic acids is 4. The Hall–Kier alpha value is -3.55. The minimum atomic E-state index is -1.56. The summed E-state index contributed by atoms with van der Waals surface area (Å²) in [6.07, 6.45) is -0.535. The van der Waals surface area contributed by atoms with Crippen molar-refractivity contribution in [1.29, 1.82) is 0 Å². The van der Waals surface area contributed by atoms with Crippen molar-refractivity contribution in [2.24, 2.45) is 11.5 Å². The Labute approximate surface area is 183 Å². The molecule has 13 heteroatoms. The highest BCUT2D eigenvalue weighted by molar-refractivity contribution is 5.95. The van der Waals surface area contributed by atoms with Crippen molar-refractivity contribution < 1.29 is 39.3 Å². The second kappa shape index (κ2) is 13.0. The molecule has 0 aromatic heterocycles. The second-order valence-corrected chi connectivity index (χ2v) is 6.85. The number of nitrogens with two attached hydrogens (primary N) is 2. The molecule has 1 aromatic carbocycles. The summed E-state index contributed by atoms with van der Waals surface area (Å²) in [6.45, 7) is -1.77. The van der Waals surface area contributed by atoms with Crippen LogP contribution in [0.5, 0.6) is 0 Å². The topological polar surface area (TPSA) is 234 Å². The number of primary amides is 1. The van der Waals surface area contributed by atoms with Crippen LogP contribution in [-0.4, -0.2) is 82.3 Å². The Kier molecular flexibility index (Phi) is 10.8. The first-order valence-electron chi connectivity index (χ1n) is 9.52. The lowest BCUT2D eigenvalue weighted by molar-refractivity contribution is -0.142. The monoisotopic (exact) mass is 453 g/mol. The van der Waals surface area contributed by atoms with Gasteiger partial charge in [0.2, 0.25) is 23.6 Å². The highest BCUT2D eigenvalue weighted by atomic mass is 16.4. The zero-order valence-electron chi connectivity index (χ0n) is 17.1. The van der Waals surface area contributed by atoms with Gasteiger partial charge in [0, 0.05) is 6.42 Å². The van der Waals surface area contributed by atoms with Crippen LogP contribution in [0.3, 0.4) is 0 Å². The van der Waals surface area contributed by atoms with Crippen LogP contribution in [0.25, 0.3) is 0 Å². The molecule has 0 fully saturated rings. The maximum atomic E-state index is 12.4. The van der Waals surface area contributed by atoms with E-state index in [0.29, 0.717) is 5.56 Å². The van der Waals surface area contributed by atoms with E-state index < -0.39 is 73.4 Å². The number of aliphatic hydroxyl groups is 2. The number of aliphatic hydroxyl groups excluding tert-OH is 2. The summed E-state index contributed by atoms with van der Waals surface area (Å²) < 4.78 is 0. The largest absolute Gasteiger partial charge is 0.480 e. The van der Waals surface area contributed by atoms with Crippen molar-refractivity contribution in [2.75, 3.05) is 13.2 Å². The number of carbonyl (C=O) groups is 5. The smallest absolute Gasteiger partial charge is 0.326 e. The zero-order chi connectivity index (χ0) is 24.3. The fraction of sp³-hybridized carbons (Fsp3) is 0.421. The Morgan fingerprint density at radius 1 is 0.812 bits per heavy atom. The van der Waals surface area contributed by atoms with Crippen molar-refractivity contribution in [2.45, 2.75) is 37.0 Å². The molecular weight excluding hydrogens is 426 g/mol. The Balaban J connectivity index is 2.76. The van der Waals surface area contributed by atoms with Crippen LogP contribution in [0, 0.1) is 0 Å². The average molecular weight is 453 g/mol. The first kappa shape index (κ1) is 26.5. The van der Waals surface area contributed by atoms with E-state index in [0.717, 1.165) is 0 Å². The summed E-state index contributed by atoms with van der Waals surface area (Å²) in [5.74, 6) is -5.15. The van der Waals surface area contributed by atoms with Gasteiger partial charge in [0.1, 0.15) is 18.1 Å². The van der Waals surface area contributed by atoms with Gasteiger partial charge in [-0.3, -0.25) is 19.2 Å². The van der Waals surface area contributed by atoms with Crippen LogP contribution in [0.4, 0.5) is 0 Å². The van der Waals surface area contributed by atoms with Gasteiger partial charge >= 0.3 is 5.97 Å². The van der Waals surface area contributed by atoms with E-state index in [1.807, 2.05) is 0 Å². The molecule has 0 aliphatic heterocycles. The molecule has 0 saturated carbocycles. The predicted molar refractivity (Wildman–Crippen MR) is 110 cm³/mol. The molecule has 0 aliphatic rings.